The summed E-state index contributed by atoms with van der Waals surface area (Å²) in [4.78, 5) is 2.04. The lowest BCUT2D eigenvalue weighted by Crippen LogP contribution is -2.07. The van der Waals surface area contributed by atoms with Gasteiger partial charge in [-0.2, -0.15) is 0 Å². The maximum atomic E-state index is 13.6. The average Bonchev–Trinajstić information content (AvgIpc) is 2.36. The highest BCUT2D eigenvalue weighted by molar-refractivity contribution is 7.99. The van der Waals surface area contributed by atoms with Crippen LogP contribution in [0.1, 0.15) is 24.1 Å². The van der Waals surface area contributed by atoms with Gasteiger partial charge in [-0.25, -0.2) is 4.39 Å². The van der Waals surface area contributed by atoms with Gasteiger partial charge in [-0.05, 0) is 61.4 Å². The molecule has 0 heterocycles. The van der Waals surface area contributed by atoms with Crippen molar-refractivity contribution in [1.29, 1.82) is 0 Å². The topological polar surface area (TPSA) is 26.0 Å². The molecule has 1 unspecified atom stereocenters. The van der Waals surface area contributed by atoms with Crippen molar-refractivity contribution in [2.24, 2.45) is 5.73 Å². The third kappa shape index (κ3) is 3.50. The monoisotopic (exact) mass is 295 g/mol. The molecule has 0 aliphatic carbocycles. The van der Waals surface area contributed by atoms with Crippen LogP contribution in [0, 0.1) is 12.7 Å². The molecule has 2 N–H and O–H groups in total. The van der Waals surface area contributed by atoms with Gasteiger partial charge in [-0.15, -0.1) is 0 Å². The average molecular weight is 296 g/mol. The van der Waals surface area contributed by atoms with E-state index in [1.807, 2.05) is 37.3 Å². The molecule has 0 saturated carbocycles. The second-order valence-corrected chi connectivity index (χ2v) is 6.04. The molecule has 0 amide bonds. The lowest BCUT2D eigenvalue weighted by molar-refractivity contribution is 0.610. The summed E-state index contributed by atoms with van der Waals surface area (Å²) in [5, 5.41) is 0.701. The van der Waals surface area contributed by atoms with Crippen LogP contribution >= 0.6 is 23.4 Å². The predicted molar refractivity (Wildman–Crippen MR) is 79.3 cm³/mol. The molecule has 2 aromatic carbocycles. The highest BCUT2D eigenvalue weighted by Gasteiger charge is 2.12. The summed E-state index contributed by atoms with van der Waals surface area (Å²) < 4.78 is 13.6. The van der Waals surface area contributed by atoms with E-state index in [9.17, 15) is 4.39 Å². The molecule has 0 aliphatic rings. The van der Waals surface area contributed by atoms with Gasteiger partial charge in [-0.3, -0.25) is 0 Å². The summed E-state index contributed by atoms with van der Waals surface area (Å²) in [5.74, 6) is -0.215. The summed E-state index contributed by atoms with van der Waals surface area (Å²) >= 11 is 7.43. The molecule has 19 heavy (non-hydrogen) atoms. The Balaban J connectivity index is 2.38. The third-order valence-electron chi connectivity index (χ3n) is 2.82. The van der Waals surface area contributed by atoms with Crippen molar-refractivity contribution in [3.63, 3.8) is 0 Å². The van der Waals surface area contributed by atoms with Crippen molar-refractivity contribution in [1.82, 2.24) is 0 Å². The fourth-order valence-corrected chi connectivity index (χ4v) is 2.99. The Kier molecular flexibility index (Phi) is 4.50. The first-order valence-electron chi connectivity index (χ1n) is 5.96. The van der Waals surface area contributed by atoms with Crippen molar-refractivity contribution in [3.8, 4) is 0 Å². The smallest absolute Gasteiger partial charge is 0.126 e. The van der Waals surface area contributed by atoms with Gasteiger partial charge in [0.1, 0.15) is 5.82 Å². The minimum absolute atomic E-state index is 0.204. The van der Waals surface area contributed by atoms with Crippen molar-refractivity contribution in [2.45, 2.75) is 29.7 Å². The van der Waals surface area contributed by atoms with Crippen LogP contribution in [0.15, 0.2) is 46.2 Å². The predicted octanol–water partition coefficient (Wildman–Crippen LogP) is 4.96. The third-order valence-corrected chi connectivity index (χ3v) is 4.16. The van der Waals surface area contributed by atoms with E-state index in [0.29, 0.717) is 10.6 Å². The summed E-state index contributed by atoms with van der Waals surface area (Å²) in [6, 6.07) is 10.7. The van der Waals surface area contributed by atoms with Crippen molar-refractivity contribution < 1.29 is 4.39 Å². The number of hydrogen-bond acceptors (Lipinski definition) is 2. The van der Waals surface area contributed by atoms with Crippen LogP contribution in [0.2, 0.25) is 5.02 Å². The molecule has 2 aromatic rings. The van der Waals surface area contributed by atoms with Crippen LogP contribution in [0.3, 0.4) is 0 Å². The van der Waals surface area contributed by atoms with Crippen LogP contribution in [-0.4, -0.2) is 0 Å². The molecular formula is C15H15ClFNS. The highest BCUT2D eigenvalue weighted by Crippen LogP contribution is 2.34. The number of halogens is 2. The Morgan fingerprint density at radius 2 is 1.84 bits per heavy atom. The molecule has 4 heteroatoms. The van der Waals surface area contributed by atoms with Gasteiger partial charge in [0, 0.05) is 20.9 Å². The van der Waals surface area contributed by atoms with Crippen molar-refractivity contribution >= 4 is 23.4 Å². The Labute approximate surface area is 122 Å². The summed E-state index contributed by atoms with van der Waals surface area (Å²) in [6.07, 6.45) is 0. The molecule has 1 atom stereocenters. The zero-order chi connectivity index (χ0) is 14.0. The van der Waals surface area contributed by atoms with Crippen LogP contribution in [0.25, 0.3) is 0 Å². The molecular weight excluding hydrogens is 281 g/mol. The van der Waals surface area contributed by atoms with E-state index in [0.717, 1.165) is 15.4 Å². The fourth-order valence-electron chi connectivity index (χ4n) is 1.74. The van der Waals surface area contributed by atoms with E-state index in [1.54, 1.807) is 18.7 Å². The van der Waals surface area contributed by atoms with Gasteiger partial charge >= 0.3 is 0 Å². The minimum Gasteiger partial charge on any atom is -0.324 e. The van der Waals surface area contributed by atoms with Crippen molar-refractivity contribution in [2.75, 3.05) is 0 Å². The molecule has 100 valence electrons. The van der Waals surface area contributed by atoms with E-state index in [2.05, 4.69) is 0 Å². The summed E-state index contributed by atoms with van der Waals surface area (Å²) in [5.41, 5.74) is 7.36. The van der Waals surface area contributed by atoms with Crippen LogP contribution in [0.5, 0.6) is 0 Å². The van der Waals surface area contributed by atoms with Crippen LogP contribution in [-0.2, 0) is 0 Å². The number of rotatable bonds is 3. The van der Waals surface area contributed by atoms with Crippen molar-refractivity contribution in [3.05, 3.63) is 58.4 Å². The quantitative estimate of drug-likeness (QED) is 0.866. The van der Waals surface area contributed by atoms with E-state index in [1.165, 1.54) is 6.07 Å². The molecule has 1 nitrogen and oxygen atoms in total. The van der Waals surface area contributed by atoms with Gasteiger partial charge < -0.3 is 5.73 Å². The molecule has 0 aliphatic heterocycles. The highest BCUT2D eigenvalue weighted by atomic mass is 35.5. The first-order chi connectivity index (χ1) is 8.97. The van der Waals surface area contributed by atoms with E-state index in [4.69, 9.17) is 17.3 Å². The first kappa shape index (κ1) is 14.4. The number of nitrogens with two attached hydrogens (primary N) is 1. The Hall–Kier alpha value is -1.03. The maximum absolute atomic E-state index is 13.6. The van der Waals surface area contributed by atoms with Crippen LogP contribution in [0.4, 0.5) is 4.39 Å². The van der Waals surface area contributed by atoms with E-state index in [-0.39, 0.29) is 11.9 Å². The van der Waals surface area contributed by atoms with Gasteiger partial charge in [0.15, 0.2) is 0 Å². The zero-order valence-corrected chi connectivity index (χ0v) is 12.4. The summed E-state index contributed by atoms with van der Waals surface area (Å²) in [6.45, 7) is 3.61. The second-order valence-electron chi connectivity index (χ2n) is 4.48. The summed E-state index contributed by atoms with van der Waals surface area (Å²) in [7, 11) is 0. The number of aryl methyl sites for hydroxylation is 1. The maximum Gasteiger partial charge on any atom is 0.126 e. The van der Waals surface area contributed by atoms with E-state index < -0.39 is 0 Å². The molecule has 2 rings (SSSR count). The normalized spacial score (nSPS) is 12.5. The number of hydrogen-bond donors (Lipinski definition) is 1. The van der Waals surface area contributed by atoms with Gasteiger partial charge in [0.2, 0.25) is 0 Å². The second kappa shape index (κ2) is 5.95. The molecule has 0 aromatic heterocycles. The fraction of sp³-hybridized carbons (Fsp3) is 0.200. The standard InChI is InChI=1S/C15H15ClFNS/c1-9-7-15(13(10(2)18)8-14(9)17)19-12-5-3-11(16)4-6-12/h3-8,10H,18H2,1-2H3. The van der Waals surface area contributed by atoms with Gasteiger partial charge in [-0.1, -0.05) is 23.4 Å². The van der Waals surface area contributed by atoms with Gasteiger partial charge in [0.05, 0.1) is 0 Å². The zero-order valence-electron chi connectivity index (χ0n) is 10.8. The van der Waals surface area contributed by atoms with Crippen LogP contribution < -0.4 is 5.73 Å². The molecule has 0 bridgehead atoms. The Morgan fingerprint density at radius 3 is 2.42 bits per heavy atom. The lowest BCUT2D eigenvalue weighted by atomic mass is 10.1. The van der Waals surface area contributed by atoms with E-state index >= 15 is 0 Å². The molecule has 0 fully saturated rings. The Bertz CT molecular complexity index is 581. The lowest BCUT2D eigenvalue weighted by Gasteiger charge is -2.14. The largest absolute Gasteiger partial charge is 0.324 e. The molecule has 0 radical (unpaired) electrons. The Morgan fingerprint density at radius 1 is 1.21 bits per heavy atom. The molecule has 0 saturated heterocycles. The first-order valence-corrected chi connectivity index (χ1v) is 7.16. The van der Waals surface area contributed by atoms with Gasteiger partial charge in [0.25, 0.3) is 0 Å². The SMILES string of the molecule is Cc1cc(Sc2ccc(Cl)cc2)c(C(C)N)cc1F. The molecule has 0 spiro atoms. The number of benzene rings is 2. The minimum atomic E-state index is -0.215.